The minimum atomic E-state index is -0.568. The van der Waals surface area contributed by atoms with Crippen LogP contribution in [0.5, 0.6) is 0 Å². The van der Waals surface area contributed by atoms with Gasteiger partial charge in [-0.1, -0.05) is 19.1 Å². The standard InChI is InChI=1S/C22H28N2O4S/c1-6-11-24-15(2)12-18(16(24)3)19(25)13-28-22(27)17-9-7-8-10-20(17)29-14-21(26)23(4)5/h7-10,12H,6,11,13-14H2,1-5H3. The highest BCUT2D eigenvalue weighted by Gasteiger charge is 2.19. The van der Waals surface area contributed by atoms with E-state index >= 15 is 0 Å². The summed E-state index contributed by atoms with van der Waals surface area (Å²) in [7, 11) is 3.37. The predicted octanol–water partition coefficient (Wildman–Crippen LogP) is 3.73. The highest BCUT2D eigenvalue weighted by molar-refractivity contribution is 8.00. The van der Waals surface area contributed by atoms with Gasteiger partial charge >= 0.3 is 5.97 Å². The highest BCUT2D eigenvalue weighted by atomic mass is 32.2. The molecule has 0 atom stereocenters. The van der Waals surface area contributed by atoms with Crippen LogP contribution in [0.2, 0.25) is 0 Å². The second-order valence-electron chi connectivity index (χ2n) is 7.01. The molecule has 0 radical (unpaired) electrons. The SMILES string of the molecule is CCCn1c(C)cc(C(=O)COC(=O)c2ccccc2SCC(=O)N(C)C)c1C. The molecule has 6 nitrogen and oxygen atoms in total. The van der Waals surface area contributed by atoms with Crippen molar-refractivity contribution in [3.8, 4) is 0 Å². The lowest BCUT2D eigenvalue weighted by atomic mass is 10.1. The summed E-state index contributed by atoms with van der Waals surface area (Å²) in [6.07, 6.45) is 0.976. The fraction of sp³-hybridized carbons (Fsp3) is 0.409. The zero-order valence-corrected chi connectivity index (χ0v) is 18.5. The van der Waals surface area contributed by atoms with Gasteiger partial charge in [0, 0.05) is 42.5 Å². The minimum absolute atomic E-state index is 0.0456. The first-order chi connectivity index (χ1) is 13.8. The number of amides is 1. The summed E-state index contributed by atoms with van der Waals surface area (Å²) < 4.78 is 7.40. The molecule has 7 heteroatoms. The van der Waals surface area contributed by atoms with E-state index in [0.717, 1.165) is 24.4 Å². The average molecular weight is 417 g/mol. The van der Waals surface area contributed by atoms with Gasteiger partial charge in [0.2, 0.25) is 11.7 Å². The van der Waals surface area contributed by atoms with Crippen LogP contribution in [0.15, 0.2) is 35.2 Å². The fourth-order valence-corrected chi connectivity index (χ4v) is 3.99. The maximum absolute atomic E-state index is 12.6. The van der Waals surface area contributed by atoms with E-state index < -0.39 is 5.97 Å². The van der Waals surface area contributed by atoms with E-state index in [2.05, 4.69) is 11.5 Å². The quantitative estimate of drug-likeness (QED) is 0.354. The summed E-state index contributed by atoms with van der Waals surface area (Å²) in [5.41, 5.74) is 2.85. The number of hydrogen-bond acceptors (Lipinski definition) is 5. The van der Waals surface area contributed by atoms with Crippen molar-refractivity contribution in [1.29, 1.82) is 0 Å². The zero-order valence-electron chi connectivity index (χ0n) is 17.7. The Morgan fingerprint density at radius 3 is 2.45 bits per heavy atom. The van der Waals surface area contributed by atoms with E-state index in [0.29, 0.717) is 16.0 Å². The summed E-state index contributed by atoms with van der Waals surface area (Å²) >= 11 is 1.28. The van der Waals surface area contributed by atoms with Gasteiger partial charge in [0.25, 0.3) is 0 Å². The van der Waals surface area contributed by atoms with E-state index in [1.807, 2.05) is 19.9 Å². The van der Waals surface area contributed by atoms with E-state index in [1.165, 1.54) is 16.7 Å². The Balaban J connectivity index is 2.05. The van der Waals surface area contributed by atoms with Crippen LogP contribution < -0.4 is 0 Å². The lowest BCUT2D eigenvalue weighted by Crippen LogP contribution is -2.23. The third-order valence-corrected chi connectivity index (χ3v) is 5.67. The Morgan fingerprint density at radius 2 is 1.79 bits per heavy atom. The fourth-order valence-electron chi connectivity index (χ4n) is 2.97. The number of hydrogen-bond donors (Lipinski definition) is 0. The molecular formula is C22H28N2O4S. The molecule has 0 unspecified atom stereocenters. The van der Waals surface area contributed by atoms with Crippen molar-refractivity contribution in [2.45, 2.75) is 38.6 Å². The number of thioether (sulfide) groups is 1. The first-order valence-corrected chi connectivity index (χ1v) is 10.5. The van der Waals surface area contributed by atoms with Gasteiger partial charge in [0.05, 0.1) is 11.3 Å². The first kappa shape index (κ1) is 22.7. The van der Waals surface area contributed by atoms with Gasteiger partial charge in [-0.3, -0.25) is 9.59 Å². The molecule has 0 bridgehead atoms. The van der Waals surface area contributed by atoms with E-state index in [4.69, 9.17) is 4.74 Å². The first-order valence-electron chi connectivity index (χ1n) is 9.55. The van der Waals surface area contributed by atoms with Gasteiger partial charge in [0.1, 0.15) is 0 Å². The summed E-state index contributed by atoms with van der Waals surface area (Å²) in [5.74, 6) is -0.613. The van der Waals surface area contributed by atoms with E-state index in [9.17, 15) is 14.4 Å². The third-order valence-electron chi connectivity index (χ3n) is 4.61. The number of benzene rings is 1. The molecule has 0 aliphatic rings. The minimum Gasteiger partial charge on any atom is -0.454 e. The Kier molecular flexibility index (Phi) is 8.08. The Morgan fingerprint density at radius 1 is 1.10 bits per heavy atom. The largest absolute Gasteiger partial charge is 0.454 e. The molecule has 2 aromatic rings. The molecule has 1 aromatic heterocycles. The van der Waals surface area contributed by atoms with Gasteiger partial charge < -0.3 is 14.2 Å². The van der Waals surface area contributed by atoms with Crippen LogP contribution >= 0.6 is 11.8 Å². The number of aromatic nitrogens is 1. The van der Waals surface area contributed by atoms with Crippen LogP contribution in [0.1, 0.15) is 45.4 Å². The van der Waals surface area contributed by atoms with Crippen LogP contribution in [-0.2, 0) is 16.1 Å². The number of Topliss-reactive ketones (excluding diaryl/α,β-unsaturated/α-hetero) is 1. The zero-order chi connectivity index (χ0) is 21.6. The number of nitrogens with zero attached hydrogens (tertiary/aromatic N) is 2. The second-order valence-corrected chi connectivity index (χ2v) is 8.03. The smallest absolute Gasteiger partial charge is 0.339 e. The third kappa shape index (κ3) is 5.73. The molecule has 156 valence electrons. The van der Waals surface area contributed by atoms with Gasteiger partial charge in [-0.05, 0) is 38.5 Å². The van der Waals surface area contributed by atoms with Crippen LogP contribution in [-0.4, -0.2) is 53.6 Å². The summed E-state index contributed by atoms with van der Waals surface area (Å²) in [4.78, 5) is 39.1. The Bertz CT molecular complexity index is 902. The van der Waals surface area contributed by atoms with Crippen LogP contribution in [0.4, 0.5) is 0 Å². The van der Waals surface area contributed by atoms with Crippen molar-refractivity contribution >= 4 is 29.4 Å². The van der Waals surface area contributed by atoms with Crippen molar-refractivity contribution in [1.82, 2.24) is 9.47 Å². The molecule has 0 spiro atoms. The number of ketones is 1. The van der Waals surface area contributed by atoms with Crippen LogP contribution in [0, 0.1) is 13.8 Å². The summed E-state index contributed by atoms with van der Waals surface area (Å²) in [6.45, 7) is 6.49. The molecule has 0 saturated carbocycles. The Labute approximate surface area is 176 Å². The maximum Gasteiger partial charge on any atom is 0.339 e. The average Bonchev–Trinajstić information content (AvgIpc) is 2.98. The van der Waals surface area contributed by atoms with Crippen molar-refractivity contribution in [3.05, 3.63) is 52.8 Å². The molecule has 0 aliphatic heterocycles. The van der Waals surface area contributed by atoms with Gasteiger partial charge in [-0.2, -0.15) is 0 Å². The van der Waals surface area contributed by atoms with Gasteiger partial charge in [-0.25, -0.2) is 4.79 Å². The van der Waals surface area contributed by atoms with Crippen molar-refractivity contribution < 1.29 is 19.1 Å². The van der Waals surface area contributed by atoms with E-state index in [-0.39, 0.29) is 24.1 Å². The van der Waals surface area contributed by atoms with E-state index in [1.54, 1.807) is 38.4 Å². The number of rotatable bonds is 9. The molecule has 29 heavy (non-hydrogen) atoms. The molecule has 0 N–H and O–H groups in total. The number of aryl methyl sites for hydroxylation is 1. The van der Waals surface area contributed by atoms with Crippen molar-refractivity contribution in [2.75, 3.05) is 26.5 Å². The molecule has 1 amide bonds. The maximum atomic E-state index is 12.6. The molecule has 1 aromatic carbocycles. The molecular weight excluding hydrogens is 388 g/mol. The topological polar surface area (TPSA) is 68.6 Å². The molecule has 1 heterocycles. The molecule has 0 fully saturated rings. The number of ether oxygens (including phenoxy) is 1. The second kappa shape index (κ2) is 10.3. The highest BCUT2D eigenvalue weighted by Crippen LogP contribution is 2.24. The Hall–Kier alpha value is -2.54. The molecule has 0 saturated heterocycles. The predicted molar refractivity (Wildman–Crippen MR) is 115 cm³/mol. The monoisotopic (exact) mass is 416 g/mol. The molecule has 2 rings (SSSR count). The summed E-state index contributed by atoms with van der Waals surface area (Å²) in [6, 6.07) is 8.78. The van der Waals surface area contributed by atoms with Gasteiger partial charge in [-0.15, -0.1) is 11.8 Å². The normalized spacial score (nSPS) is 10.7. The van der Waals surface area contributed by atoms with Crippen LogP contribution in [0.3, 0.4) is 0 Å². The van der Waals surface area contributed by atoms with Gasteiger partial charge in [0.15, 0.2) is 6.61 Å². The number of carbonyl (C=O) groups excluding carboxylic acids is 3. The lowest BCUT2D eigenvalue weighted by Gasteiger charge is -2.12. The molecule has 0 aliphatic carbocycles. The lowest BCUT2D eigenvalue weighted by molar-refractivity contribution is -0.125. The van der Waals surface area contributed by atoms with Crippen LogP contribution in [0.25, 0.3) is 0 Å². The number of carbonyl (C=O) groups is 3. The number of esters is 1. The van der Waals surface area contributed by atoms with Crippen molar-refractivity contribution in [3.63, 3.8) is 0 Å². The van der Waals surface area contributed by atoms with Crippen molar-refractivity contribution in [2.24, 2.45) is 0 Å². The summed E-state index contributed by atoms with van der Waals surface area (Å²) in [5, 5.41) is 0.